The van der Waals surface area contributed by atoms with Crippen molar-refractivity contribution in [3.8, 4) is 10.4 Å². The zero-order chi connectivity index (χ0) is 16.7. The van der Waals surface area contributed by atoms with E-state index < -0.39 is 0 Å². The average molecular weight is 341 g/mol. The summed E-state index contributed by atoms with van der Waals surface area (Å²) in [5.74, 6) is 0.343. The van der Waals surface area contributed by atoms with Gasteiger partial charge in [-0.2, -0.15) is 0 Å². The zero-order valence-electron chi connectivity index (χ0n) is 14.0. The summed E-state index contributed by atoms with van der Waals surface area (Å²) in [4.78, 5) is 17.0. The van der Waals surface area contributed by atoms with Crippen molar-refractivity contribution < 1.29 is 9.90 Å². The van der Waals surface area contributed by atoms with Crippen molar-refractivity contribution in [3.05, 3.63) is 46.3 Å². The number of aryl methyl sites for hydroxylation is 2. The summed E-state index contributed by atoms with van der Waals surface area (Å²) in [7, 11) is 0. The predicted octanol–water partition coefficient (Wildman–Crippen LogP) is 3.75. The third kappa shape index (κ3) is 2.78. The number of nitrogens with zero attached hydrogens (tertiary/aromatic N) is 1. The van der Waals surface area contributed by atoms with Crippen LogP contribution in [0.15, 0.2) is 30.3 Å². The van der Waals surface area contributed by atoms with Gasteiger partial charge in [-0.05, 0) is 55.4 Å². The summed E-state index contributed by atoms with van der Waals surface area (Å²) in [6.07, 6.45) is 3.72. The number of aliphatic hydroxyl groups excluding tert-OH is 1. The van der Waals surface area contributed by atoms with Gasteiger partial charge in [0, 0.05) is 23.9 Å². The highest BCUT2D eigenvalue weighted by molar-refractivity contribution is 7.17. The number of rotatable bonds is 2. The monoisotopic (exact) mass is 341 g/mol. The lowest BCUT2D eigenvalue weighted by Crippen LogP contribution is -2.42. The SMILES string of the molecule is CC(O)C1CCCN(C(=O)c2cc3c(s2)-c2ccccc2CC3)C1. The average Bonchev–Trinajstić information content (AvgIpc) is 3.06. The van der Waals surface area contributed by atoms with Gasteiger partial charge < -0.3 is 10.0 Å². The molecule has 0 saturated carbocycles. The predicted molar refractivity (Wildman–Crippen MR) is 97.5 cm³/mol. The van der Waals surface area contributed by atoms with Crippen molar-refractivity contribution in [2.24, 2.45) is 5.92 Å². The molecule has 1 aromatic carbocycles. The molecule has 1 fully saturated rings. The van der Waals surface area contributed by atoms with Gasteiger partial charge in [-0.25, -0.2) is 0 Å². The number of benzene rings is 1. The molecule has 2 atom stereocenters. The van der Waals surface area contributed by atoms with Crippen molar-refractivity contribution in [2.75, 3.05) is 13.1 Å². The zero-order valence-corrected chi connectivity index (χ0v) is 14.8. The Bertz CT molecular complexity index is 765. The number of fused-ring (bicyclic) bond motifs is 3. The molecule has 1 amide bonds. The second-order valence-electron chi connectivity index (χ2n) is 7.02. The molecule has 2 unspecified atom stereocenters. The third-order valence-electron chi connectivity index (χ3n) is 5.37. The van der Waals surface area contributed by atoms with Gasteiger partial charge in [0.05, 0.1) is 11.0 Å². The fraction of sp³-hybridized carbons (Fsp3) is 0.450. The smallest absolute Gasteiger partial charge is 0.263 e. The van der Waals surface area contributed by atoms with Crippen LogP contribution in [0.4, 0.5) is 0 Å². The number of carbonyl (C=O) groups excluding carboxylic acids is 1. The molecule has 1 aromatic heterocycles. The Morgan fingerprint density at radius 3 is 2.92 bits per heavy atom. The minimum absolute atomic E-state index is 0.136. The van der Waals surface area contributed by atoms with Crippen molar-refractivity contribution in [1.29, 1.82) is 0 Å². The van der Waals surface area contributed by atoms with Gasteiger partial charge in [-0.15, -0.1) is 11.3 Å². The molecule has 126 valence electrons. The molecular formula is C20H23NO2S. The maximum atomic E-state index is 13.0. The molecule has 2 aliphatic rings. The molecule has 0 bridgehead atoms. The lowest BCUT2D eigenvalue weighted by molar-refractivity contribution is 0.0469. The normalized spacial score (nSPS) is 21.1. The summed E-state index contributed by atoms with van der Waals surface area (Å²) >= 11 is 1.64. The quantitative estimate of drug-likeness (QED) is 0.904. The number of hydrogen-bond donors (Lipinski definition) is 1. The van der Waals surface area contributed by atoms with Gasteiger partial charge in [-0.3, -0.25) is 4.79 Å². The Balaban J connectivity index is 1.60. The Morgan fingerprint density at radius 2 is 2.08 bits per heavy atom. The van der Waals surface area contributed by atoms with Gasteiger partial charge in [0.1, 0.15) is 0 Å². The molecule has 2 aromatic rings. The number of amides is 1. The van der Waals surface area contributed by atoms with Crippen LogP contribution in [0, 0.1) is 5.92 Å². The standard InChI is InChI=1S/C20H23NO2S/c1-13(22)16-6-4-10-21(12-16)20(23)18-11-15-9-8-14-5-2-3-7-17(14)19(15)24-18/h2-3,5,7,11,13,16,22H,4,6,8-10,12H2,1H3. The molecule has 0 radical (unpaired) electrons. The highest BCUT2D eigenvalue weighted by atomic mass is 32.1. The van der Waals surface area contributed by atoms with Crippen LogP contribution in [0.25, 0.3) is 10.4 Å². The van der Waals surface area contributed by atoms with Crippen LogP contribution in [0.2, 0.25) is 0 Å². The van der Waals surface area contributed by atoms with Crippen molar-refractivity contribution in [2.45, 2.75) is 38.7 Å². The Kier molecular flexibility index (Phi) is 4.19. The molecule has 4 rings (SSSR count). The number of piperidine rings is 1. The van der Waals surface area contributed by atoms with Crippen LogP contribution in [0.5, 0.6) is 0 Å². The number of carbonyl (C=O) groups is 1. The molecule has 3 nitrogen and oxygen atoms in total. The van der Waals surface area contributed by atoms with Crippen LogP contribution < -0.4 is 0 Å². The molecule has 4 heteroatoms. The molecule has 1 saturated heterocycles. The highest BCUT2D eigenvalue weighted by Gasteiger charge is 2.29. The molecule has 0 spiro atoms. The van der Waals surface area contributed by atoms with Crippen LogP contribution in [0.1, 0.15) is 40.6 Å². The molecule has 1 aliphatic carbocycles. The van der Waals surface area contributed by atoms with E-state index in [-0.39, 0.29) is 17.9 Å². The highest BCUT2D eigenvalue weighted by Crippen LogP contribution is 2.40. The van der Waals surface area contributed by atoms with E-state index in [1.165, 1.54) is 21.6 Å². The Morgan fingerprint density at radius 1 is 1.29 bits per heavy atom. The first-order valence-electron chi connectivity index (χ1n) is 8.82. The first-order valence-corrected chi connectivity index (χ1v) is 9.63. The lowest BCUT2D eigenvalue weighted by atomic mass is 9.91. The molecule has 1 N–H and O–H groups in total. The van der Waals surface area contributed by atoms with E-state index in [1.807, 2.05) is 11.8 Å². The van der Waals surface area contributed by atoms with E-state index in [9.17, 15) is 9.90 Å². The molecule has 24 heavy (non-hydrogen) atoms. The summed E-state index contributed by atoms with van der Waals surface area (Å²) in [5, 5.41) is 9.85. The van der Waals surface area contributed by atoms with E-state index in [0.29, 0.717) is 6.54 Å². The number of thiophene rings is 1. The van der Waals surface area contributed by atoms with Crippen LogP contribution in [0.3, 0.4) is 0 Å². The Hall–Kier alpha value is -1.65. The van der Waals surface area contributed by atoms with E-state index in [4.69, 9.17) is 0 Å². The maximum Gasteiger partial charge on any atom is 0.263 e. The van der Waals surface area contributed by atoms with Gasteiger partial charge >= 0.3 is 0 Å². The van der Waals surface area contributed by atoms with E-state index in [0.717, 1.165) is 37.1 Å². The fourth-order valence-electron chi connectivity index (χ4n) is 3.92. The van der Waals surface area contributed by atoms with Gasteiger partial charge in [0.2, 0.25) is 0 Å². The van der Waals surface area contributed by atoms with Gasteiger partial charge in [0.25, 0.3) is 5.91 Å². The topological polar surface area (TPSA) is 40.5 Å². The van der Waals surface area contributed by atoms with Gasteiger partial charge in [-0.1, -0.05) is 24.3 Å². The van der Waals surface area contributed by atoms with E-state index in [1.54, 1.807) is 11.3 Å². The number of hydrogen-bond acceptors (Lipinski definition) is 3. The summed E-state index contributed by atoms with van der Waals surface area (Å²) in [5.41, 5.74) is 3.99. The third-order valence-corrected chi connectivity index (χ3v) is 6.57. The van der Waals surface area contributed by atoms with Crippen LogP contribution in [-0.2, 0) is 12.8 Å². The maximum absolute atomic E-state index is 13.0. The van der Waals surface area contributed by atoms with Gasteiger partial charge in [0.15, 0.2) is 0 Å². The van der Waals surface area contributed by atoms with Crippen molar-refractivity contribution >= 4 is 17.2 Å². The second-order valence-corrected chi connectivity index (χ2v) is 8.07. The molecule has 1 aliphatic heterocycles. The lowest BCUT2D eigenvalue weighted by Gasteiger charge is -2.33. The number of aliphatic hydroxyl groups is 1. The fourth-order valence-corrected chi connectivity index (χ4v) is 5.16. The second kappa shape index (κ2) is 6.34. The first kappa shape index (κ1) is 15.9. The first-order chi connectivity index (χ1) is 11.6. The summed E-state index contributed by atoms with van der Waals surface area (Å²) in [6.45, 7) is 3.32. The van der Waals surface area contributed by atoms with Crippen LogP contribution >= 0.6 is 11.3 Å². The molecular weight excluding hydrogens is 318 g/mol. The minimum atomic E-state index is -0.344. The largest absolute Gasteiger partial charge is 0.393 e. The summed E-state index contributed by atoms with van der Waals surface area (Å²) in [6, 6.07) is 10.6. The van der Waals surface area contributed by atoms with E-state index in [2.05, 4.69) is 30.3 Å². The minimum Gasteiger partial charge on any atom is -0.393 e. The Labute approximate surface area is 146 Å². The number of likely N-dealkylation sites (tertiary alicyclic amines) is 1. The summed E-state index contributed by atoms with van der Waals surface area (Å²) < 4.78 is 0. The van der Waals surface area contributed by atoms with Crippen LogP contribution in [-0.4, -0.2) is 35.1 Å². The van der Waals surface area contributed by atoms with E-state index >= 15 is 0 Å². The van der Waals surface area contributed by atoms with Crippen molar-refractivity contribution in [3.63, 3.8) is 0 Å². The van der Waals surface area contributed by atoms with Crippen molar-refractivity contribution in [1.82, 2.24) is 4.90 Å². The molecule has 2 heterocycles.